The highest BCUT2D eigenvalue weighted by Crippen LogP contribution is 2.42. The van der Waals surface area contributed by atoms with E-state index in [1.807, 2.05) is 60.1 Å². The number of esters is 1. The van der Waals surface area contributed by atoms with E-state index >= 15 is 0 Å². The summed E-state index contributed by atoms with van der Waals surface area (Å²) in [6.07, 6.45) is 5.02. The maximum absolute atomic E-state index is 14.4. The van der Waals surface area contributed by atoms with Crippen molar-refractivity contribution in [1.29, 1.82) is 0 Å². The van der Waals surface area contributed by atoms with E-state index in [1.54, 1.807) is 61.5 Å². The van der Waals surface area contributed by atoms with Crippen LogP contribution in [0.1, 0.15) is 167 Å². The van der Waals surface area contributed by atoms with Gasteiger partial charge >= 0.3 is 12.0 Å². The summed E-state index contributed by atoms with van der Waals surface area (Å²) in [4.78, 5) is 133. The van der Waals surface area contributed by atoms with Crippen molar-refractivity contribution >= 4 is 70.6 Å². The number of aromatic nitrogens is 6. The van der Waals surface area contributed by atoms with E-state index in [2.05, 4.69) is 77.0 Å². The van der Waals surface area contributed by atoms with Crippen LogP contribution in [0.4, 0.5) is 16.2 Å². The molecule has 1 aliphatic heterocycles. The first-order chi connectivity index (χ1) is 58.1. The Morgan fingerprint density at radius 2 is 1.12 bits per heavy atom. The van der Waals surface area contributed by atoms with Gasteiger partial charge in [-0.1, -0.05) is 106 Å². The van der Waals surface area contributed by atoms with Gasteiger partial charge in [-0.25, -0.2) is 14.2 Å². The molecule has 1 aliphatic carbocycles. The molecule has 4 atom stereocenters. The molecule has 36 heteroatoms. The first kappa shape index (κ1) is 97.2. The molecule has 0 spiro atoms. The monoisotopic (exact) mass is 1680 g/mol. The number of nitrogens with zero attached hydrogens (tertiary/aromatic N) is 7. The fourth-order valence-electron chi connectivity index (χ4n) is 13.0. The van der Waals surface area contributed by atoms with Crippen LogP contribution < -0.4 is 53.2 Å². The highest BCUT2D eigenvalue weighted by atomic mass is 16.6. The second kappa shape index (κ2) is 55.1. The third-order valence-electron chi connectivity index (χ3n) is 19.4. The fourth-order valence-corrected chi connectivity index (χ4v) is 13.0. The Balaban J connectivity index is 0.826. The normalized spacial score (nSPS) is 13.8. The minimum Gasteiger partial charge on any atom is -0.461 e. The number of carbonyl (C=O) groups is 10. The first-order valence-corrected chi connectivity index (χ1v) is 42.0. The standard InChI is InChI=1S/C84H126N16O20/c1-8-86-72(102)33-39-111-43-47-115-52-54-118-50-46-114-42-38-99-79-66(94-96-99)22-10-9-11-26-70(79)119-57-74(104)87-35-17-16-23-67(81(107)93-76(58(2)3)82(108)92-68(24-18-36-89-84(85)110)80(106)90-63-29-27-61(28-30-63)56-120-83(109)59(4)5)91-73(103)34-40-112-44-48-116-51-53-117-49-45-113-41-37-88-71(101)31-32-75(105)98-55-62-19-12-13-20-64(62)78-77(95-97-100(78)60(6)7)65-21-14-15-25-69(65)98/h12-15,19-21,25,27-30,58-60,67-68,70,76H,8-11,16-18,22-24,26,31-57H2,1-7H3,(H,86,102)(H,87,104)(H,88,101)(H,90,106)(H,91,103)(H,92,108)(H,93,107)(H3,85,89,110)/t67-,68+,70?,76+/m1/s1. The van der Waals surface area contributed by atoms with Crippen molar-refractivity contribution in [1.82, 2.24) is 67.2 Å². The molecule has 3 aromatic carbocycles. The number of benzene rings is 3. The van der Waals surface area contributed by atoms with Crippen LogP contribution in [0.2, 0.25) is 0 Å². The van der Waals surface area contributed by atoms with Crippen molar-refractivity contribution in [2.24, 2.45) is 17.6 Å². The second-order valence-electron chi connectivity index (χ2n) is 29.9. The fraction of sp³-hybridized carbons (Fsp3) is 0.619. The van der Waals surface area contributed by atoms with Crippen molar-refractivity contribution < 1.29 is 95.3 Å². The molecule has 0 saturated heterocycles. The molecule has 5 aromatic rings. The number of para-hydroxylation sites is 1. The third-order valence-corrected chi connectivity index (χ3v) is 19.4. The molecule has 10 amide bonds. The number of amides is 10. The van der Waals surface area contributed by atoms with Crippen molar-refractivity contribution in [2.75, 3.05) is 149 Å². The van der Waals surface area contributed by atoms with Crippen molar-refractivity contribution in [3.8, 4) is 22.5 Å². The minimum absolute atomic E-state index is 0.00744. The molecule has 0 bridgehead atoms. The summed E-state index contributed by atoms with van der Waals surface area (Å²) in [5.74, 6) is -4.52. The van der Waals surface area contributed by atoms with Gasteiger partial charge in [0.2, 0.25) is 47.3 Å². The third kappa shape index (κ3) is 35.0. The van der Waals surface area contributed by atoms with Crippen LogP contribution in [0.5, 0.6) is 0 Å². The zero-order valence-electron chi connectivity index (χ0n) is 70.7. The summed E-state index contributed by atoms with van der Waals surface area (Å²) in [6, 6.07) is 18.0. The van der Waals surface area contributed by atoms with Gasteiger partial charge in [0.1, 0.15) is 43.1 Å². The maximum Gasteiger partial charge on any atom is 0.312 e. The van der Waals surface area contributed by atoms with E-state index in [0.29, 0.717) is 121 Å². The van der Waals surface area contributed by atoms with Gasteiger partial charge in [-0.3, -0.25) is 43.2 Å². The largest absolute Gasteiger partial charge is 0.461 e. The molecule has 10 N–H and O–H groups in total. The molecule has 2 aromatic heterocycles. The van der Waals surface area contributed by atoms with E-state index in [9.17, 15) is 47.9 Å². The molecule has 120 heavy (non-hydrogen) atoms. The zero-order valence-corrected chi connectivity index (χ0v) is 70.7. The first-order valence-electron chi connectivity index (χ1n) is 42.0. The van der Waals surface area contributed by atoms with Gasteiger partial charge in [-0.15, -0.1) is 10.2 Å². The average Bonchev–Trinajstić information content (AvgIpc) is 1.34. The summed E-state index contributed by atoms with van der Waals surface area (Å²) in [6.45, 7) is 19.1. The van der Waals surface area contributed by atoms with Gasteiger partial charge in [0.15, 0.2) is 0 Å². The average molecular weight is 1680 g/mol. The molecule has 0 fully saturated rings. The maximum atomic E-state index is 14.4. The van der Waals surface area contributed by atoms with Crippen molar-refractivity contribution in [3.63, 3.8) is 0 Å². The molecule has 3 heterocycles. The van der Waals surface area contributed by atoms with Gasteiger partial charge in [0.05, 0.1) is 147 Å². The number of nitrogens with one attached hydrogen (secondary N) is 8. The number of ether oxygens (including phenoxy) is 10. The van der Waals surface area contributed by atoms with Crippen LogP contribution >= 0.6 is 0 Å². The zero-order chi connectivity index (χ0) is 86.2. The predicted molar refractivity (Wildman–Crippen MR) is 444 cm³/mol. The number of primary amides is 1. The Kier molecular flexibility index (Phi) is 44.6. The number of unbranched alkanes of at least 4 members (excludes halogenated alkanes) is 1. The molecule has 36 nitrogen and oxygen atoms in total. The molecule has 0 saturated carbocycles. The van der Waals surface area contributed by atoms with Crippen LogP contribution in [-0.2, 0) is 117 Å². The number of aryl methyl sites for hydroxylation is 1. The summed E-state index contributed by atoms with van der Waals surface area (Å²) in [7, 11) is 0. The summed E-state index contributed by atoms with van der Waals surface area (Å²) < 4.78 is 60.5. The Morgan fingerprint density at radius 1 is 0.533 bits per heavy atom. The van der Waals surface area contributed by atoms with Gasteiger partial charge in [-0.2, -0.15) is 0 Å². The smallest absolute Gasteiger partial charge is 0.312 e. The number of fused-ring (bicyclic) bond motifs is 6. The Labute approximate surface area is 702 Å². The number of carbonyl (C=O) groups excluding carboxylic acids is 10. The SMILES string of the molecule is CCNC(=O)CCOCCOCCOCCOCCn1nnc2c1C(OCC(=O)NCCCC[C@@H](NC(=O)CCOCCOCCOCCOCCNC(=O)CCC(=O)N1Cc3ccccc3-c3c(nnn3C(C)C)-c3ccccc31)C(=O)N[C@H](C(=O)N[C@@H](CCCNC(N)=O)C(=O)Nc1ccc(COC(=O)C(C)C)cc1)C(C)C)CCCCC2. The lowest BCUT2D eigenvalue weighted by atomic mass is 9.95. The second-order valence-corrected chi connectivity index (χ2v) is 29.9. The van der Waals surface area contributed by atoms with Gasteiger partial charge < -0.3 is 101 Å². The van der Waals surface area contributed by atoms with Crippen molar-refractivity contribution in [3.05, 3.63) is 95.3 Å². The number of rotatable bonds is 58. The Morgan fingerprint density at radius 3 is 1.77 bits per heavy atom. The van der Waals surface area contributed by atoms with E-state index in [0.717, 1.165) is 59.5 Å². The molecular formula is C84H126N16O20. The highest BCUT2D eigenvalue weighted by molar-refractivity contribution is 6.02. The molecule has 0 radical (unpaired) electrons. The summed E-state index contributed by atoms with van der Waals surface area (Å²) >= 11 is 0. The predicted octanol–water partition coefficient (Wildman–Crippen LogP) is 5.63. The Bertz CT molecular complexity index is 3970. The van der Waals surface area contributed by atoms with Crippen LogP contribution in [0.15, 0.2) is 72.8 Å². The van der Waals surface area contributed by atoms with E-state index in [4.69, 9.17) is 53.1 Å². The van der Waals surface area contributed by atoms with E-state index in [-0.39, 0.29) is 166 Å². The quantitative estimate of drug-likeness (QED) is 0.0168. The molecule has 1 unspecified atom stereocenters. The van der Waals surface area contributed by atoms with Crippen LogP contribution in [0.25, 0.3) is 22.5 Å². The molecule has 2 aliphatic rings. The summed E-state index contributed by atoms with van der Waals surface area (Å²) in [5.41, 5.74) is 13.0. The lowest BCUT2D eigenvalue weighted by Crippen LogP contribution is -2.57. The number of hydrogen-bond acceptors (Lipinski definition) is 24. The molecule has 662 valence electrons. The van der Waals surface area contributed by atoms with Gasteiger partial charge in [-0.05, 0) is 107 Å². The van der Waals surface area contributed by atoms with Crippen LogP contribution in [0, 0.1) is 11.8 Å². The van der Waals surface area contributed by atoms with Gasteiger partial charge in [0, 0.05) is 74.7 Å². The highest BCUT2D eigenvalue weighted by Gasteiger charge is 2.34. The lowest BCUT2D eigenvalue weighted by molar-refractivity contribution is -0.148. The molecule has 7 rings (SSSR count). The van der Waals surface area contributed by atoms with Crippen LogP contribution in [-0.4, -0.2) is 246 Å². The van der Waals surface area contributed by atoms with Crippen LogP contribution in [0.3, 0.4) is 0 Å². The topological polar surface area (TPSA) is 450 Å². The number of hydrogen-bond donors (Lipinski definition) is 9. The van der Waals surface area contributed by atoms with Crippen molar-refractivity contribution in [2.45, 2.75) is 188 Å². The lowest BCUT2D eigenvalue weighted by Gasteiger charge is -2.28. The summed E-state index contributed by atoms with van der Waals surface area (Å²) in [5, 5.41) is 40.2. The number of urea groups is 1. The van der Waals surface area contributed by atoms with Gasteiger partial charge in [0.25, 0.3) is 0 Å². The number of nitrogens with two attached hydrogens (primary N) is 1. The number of anilines is 2. The van der Waals surface area contributed by atoms with E-state index in [1.165, 1.54) is 0 Å². The van der Waals surface area contributed by atoms with E-state index < -0.39 is 59.8 Å². The molecular weight excluding hydrogens is 1550 g/mol. The minimum atomic E-state index is -1.20. The Hall–Kier alpha value is -9.92.